The van der Waals surface area contributed by atoms with Crippen molar-refractivity contribution in [3.8, 4) is 5.75 Å². The third kappa shape index (κ3) is 4.04. The van der Waals surface area contributed by atoms with Crippen LogP contribution in [0.25, 0.3) is 11.0 Å². The van der Waals surface area contributed by atoms with E-state index in [1.54, 1.807) is 0 Å². The van der Waals surface area contributed by atoms with Gasteiger partial charge in [-0.15, -0.1) is 0 Å². The standard InChI is InChI=1S/C18H16INO3/c1-12(17-9-13-5-2-3-8-16(13)23-17)20-18(21)11-22-15-7-4-6-14(19)10-15/h2-10,12H,11H2,1H3,(H,20,21). The van der Waals surface area contributed by atoms with Gasteiger partial charge < -0.3 is 14.5 Å². The summed E-state index contributed by atoms with van der Waals surface area (Å²) in [6, 6.07) is 17.1. The molecule has 2 aromatic carbocycles. The fraction of sp³-hybridized carbons (Fsp3) is 0.167. The molecule has 1 amide bonds. The maximum absolute atomic E-state index is 12.0. The van der Waals surface area contributed by atoms with Crippen LogP contribution in [0.15, 0.2) is 59.0 Å². The molecule has 1 aromatic heterocycles. The highest BCUT2D eigenvalue weighted by Crippen LogP contribution is 2.23. The summed E-state index contributed by atoms with van der Waals surface area (Å²) in [5.41, 5.74) is 0.818. The Balaban J connectivity index is 1.58. The summed E-state index contributed by atoms with van der Waals surface area (Å²) in [6.07, 6.45) is 0. The summed E-state index contributed by atoms with van der Waals surface area (Å²) in [7, 11) is 0. The van der Waals surface area contributed by atoms with Crippen molar-refractivity contribution in [3.05, 3.63) is 63.9 Å². The maximum Gasteiger partial charge on any atom is 0.258 e. The monoisotopic (exact) mass is 421 g/mol. The van der Waals surface area contributed by atoms with E-state index in [1.165, 1.54) is 0 Å². The van der Waals surface area contributed by atoms with E-state index in [0.717, 1.165) is 20.3 Å². The van der Waals surface area contributed by atoms with Gasteiger partial charge in [0.05, 0.1) is 6.04 Å². The lowest BCUT2D eigenvalue weighted by Crippen LogP contribution is -2.31. The molecule has 0 saturated carbocycles. The average molecular weight is 421 g/mol. The van der Waals surface area contributed by atoms with Crippen molar-refractivity contribution in [1.82, 2.24) is 5.32 Å². The fourth-order valence-electron chi connectivity index (χ4n) is 2.28. The Morgan fingerprint density at radius 2 is 2.04 bits per heavy atom. The number of amides is 1. The van der Waals surface area contributed by atoms with Crippen LogP contribution >= 0.6 is 22.6 Å². The van der Waals surface area contributed by atoms with Crippen LogP contribution in [0.3, 0.4) is 0 Å². The number of carbonyl (C=O) groups excluding carboxylic acids is 1. The van der Waals surface area contributed by atoms with Gasteiger partial charge in [0.2, 0.25) is 0 Å². The minimum absolute atomic E-state index is 0.0232. The minimum atomic E-state index is -0.214. The molecule has 0 fully saturated rings. The Hall–Kier alpha value is -2.02. The molecule has 0 spiro atoms. The van der Waals surface area contributed by atoms with E-state index < -0.39 is 0 Å². The number of halogens is 1. The number of hydrogen-bond acceptors (Lipinski definition) is 3. The molecule has 1 heterocycles. The number of nitrogens with one attached hydrogen (secondary N) is 1. The second-order valence-electron chi connectivity index (χ2n) is 5.22. The van der Waals surface area contributed by atoms with Gasteiger partial charge in [-0.05, 0) is 59.8 Å². The minimum Gasteiger partial charge on any atom is -0.484 e. The van der Waals surface area contributed by atoms with Crippen molar-refractivity contribution in [2.24, 2.45) is 0 Å². The summed E-state index contributed by atoms with van der Waals surface area (Å²) in [5.74, 6) is 1.23. The maximum atomic E-state index is 12.0. The lowest BCUT2D eigenvalue weighted by molar-refractivity contribution is -0.123. The molecule has 1 atom stereocenters. The van der Waals surface area contributed by atoms with E-state index in [9.17, 15) is 4.79 Å². The zero-order valence-electron chi connectivity index (χ0n) is 12.6. The molecule has 5 heteroatoms. The Labute approximate surface area is 148 Å². The van der Waals surface area contributed by atoms with E-state index in [1.807, 2.05) is 61.5 Å². The lowest BCUT2D eigenvalue weighted by Gasteiger charge is -2.12. The van der Waals surface area contributed by atoms with Gasteiger partial charge in [-0.3, -0.25) is 4.79 Å². The van der Waals surface area contributed by atoms with Crippen LogP contribution < -0.4 is 10.1 Å². The van der Waals surface area contributed by atoms with Crippen molar-refractivity contribution < 1.29 is 13.9 Å². The van der Waals surface area contributed by atoms with Gasteiger partial charge >= 0.3 is 0 Å². The molecule has 0 radical (unpaired) electrons. The van der Waals surface area contributed by atoms with Crippen molar-refractivity contribution in [2.45, 2.75) is 13.0 Å². The van der Waals surface area contributed by atoms with E-state index >= 15 is 0 Å². The highest BCUT2D eigenvalue weighted by atomic mass is 127. The quantitative estimate of drug-likeness (QED) is 0.626. The first-order chi connectivity index (χ1) is 11.1. The summed E-state index contributed by atoms with van der Waals surface area (Å²) in [4.78, 5) is 12.0. The number of fused-ring (bicyclic) bond motifs is 1. The van der Waals surface area contributed by atoms with Gasteiger partial charge in [-0.2, -0.15) is 0 Å². The van der Waals surface area contributed by atoms with Crippen LogP contribution in [-0.4, -0.2) is 12.5 Å². The average Bonchev–Trinajstić information content (AvgIpc) is 2.97. The van der Waals surface area contributed by atoms with Crippen molar-refractivity contribution in [2.75, 3.05) is 6.61 Å². The van der Waals surface area contributed by atoms with Gasteiger partial charge in [0.1, 0.15) is 17.1 Å². The van der Waals surface area contributed by atoms with Gasteiger partial charge in [-0.25, -0.2) is 0 Å². The number of furan rings is 1. The molecule has 23 heavy (non-hydrogen) atoms. The second-order valence-corrected chi connectivity index (χ2v) is 6.47. The molecule has 1 N–H and O–H groups in total. The Bertz CT molecular complexity index is 795. The molecule has 0 bridgehead atoms. The van der Waals surface area contributed by atoms with E-state index in [0.29, 0.717) is 5.75 Å². The Kier molecular flexibility index (Phi) is 4.85. The van der Waals surface area contributed by atoms with Crippen LogP contribution in [-0.2, 0) is 4.79 Å². The van der Waals surface area contributed by atoms with Crippen molar-refractivity contribution >= 4 is 39.5 Å². The number of ether oxygens (including phenoxy) is 1. The topological polar surface area (TPSA) is 51.5 Å². The first kappa shape index (κ1) is 15.9. The Morgan fingerprint density at radius 3 is 2.83 bits per heavy atom. The number of hydrogen-bond donors (Lipinski definition) is 1. The normalized spacial score (nSPS) is 12.1. The summed E-state index contributed by atoms with van der Waals surface area (Å²) >= 11 is 2.20. The van der Waals surface area contributed by atoms with Crippen LogP contribution in [0.5, 0.6) is 5.75 Å². The lowest BCUT2D eigenvalue weighted by atomic mass is 10.2. The number of benzene rings is 2. The summed E-state index contributed by atoms with van der Waals surface area (Å²) < 4.78 is 12.3. The predicted molar refractivity (Wildman–Crippen MR) is 97.4 cm³/mol. The predicted octanol–water partition coefficient (Wildman–Crippen LogP) is 4.29. The van der Waals surface area contributed by atoms with Crippen LogP contribution in [0.4, 0.5) is 0 Å². The molecule has 3 aromatic rings. The van der Waals surface area contributed by atoms with Crippen LogP contribution in [0.1, 0.15) is 18.7 Å². The molecule has 3 rings (SSSR count). The van der Waals surface area contributed by atoms with Crippen molar-refractivity contribution in [3.63, 3.8) is 0 Å². The first-order valence-corrected chi connectivity index (χ1v) is 8.36. The molecular formula is C18H16INO3. The van der Waals surface area contributed by atoms with Gasteiger partial charge in [0, 0.05) is 8.96 Å². The van der Waals surface area contributed by atoms with E-state index in [-0.39, 0.29) is 18.6 Å². The zero-order valence-corrected chi connectivity index (χ0v) is 14.7. The van der Waals surface area contributed by atoms with Gasteiger partial charge in [0.25, 0.3) is 5.91 Å². The molecule has 1 unspecified atom stereocenters. The van der Waals surface area contributed by atoms with Crippen LogP contribution in [0.2, 0.25) is 0 Å². The summed E-state index contributed by atoms with van der Waals surface area (Å²) in [5, 5.41) is 3.91. The third-order valence-corrected chi connectivity index (χ3v) is 4.09. The largest absolute Gasteiger partial charge is 0.484 e. The molecule has 0 aliphatic heterocycles. The first-order valence-electron chi connectivity index (χ1n) is 7.28. The SMILES string of the molecule is CC(NC(=O)COc1cccc(I)c1)c1cc2ccccc2o1. The molecular weight excluding hydrogens is 405 g/mol. The zero-order chi connectivity index (χ0) is 16.2. The van der Waals surface area contributed by atoms with Crippen molar-refractivity contribution in [1.29, 1.82) is 0 Å². The smallest absolute Gasteiger partial charge is 0.258 e. The van der Waals surface area contributed by atoms with Gasteiger partial charge in [-0.1, -0.05) is 24.3 Å². The van der Waals surface area contributed by atoms with E-state index in [2.05, 4.69) is 27.9 Å². The van der Waals surface area contributed by atoms with Gasteiger partial charge in [0.15, 0.2) is 6.61 Å². The number of para-hydroxylation sites is 1. The summed E-state index contributed by atoms with van der Waals surface area (Å²) in [6.45, 7) is 1.87. The third-order valence-electron chi connectivity index (χ3n) is 3.41. The molecule has 0 saturated heterocycles. The molecule has 118 valence electrons. The number of carbonyl (C=O) groups is 1. The van der Waals surface area contributed by atoms with Crippen LogP contribution in [0, 0.1) is 3.57 Å². The highest BCUT2D eigenvalue weighted by Gasteiger charge is 2.14. The molecule has 0 aliphatic carbocycles. The fourth-order valence-corrected chi connectivity index (χ4v) is 2.79. The van der Waals surface area contributed by atoms with E-state index in [4.69, 9.17) is 9.15 Å². The molecule has 4 nitrogen and oxygen atoms in total. The Morgan fingerprint density at radius 1 is 1.22 bits per heavy atom. The number of rotatable bonds is 5. The molecule has 0 aliphatic rings. The second kappa shape index (κ2) is 7.04. The highest BCUT2D eigenvalue weighted by molar-refractivity contribution is 14.1.